The first kappa shape index (κ1) is 21.6. The number of benzene rings is 1. The first-order valence-corrected chi connectivity index (χ1v) is 11.1. The first-order valence-electron chi connectivity index (χ1n) is 11.1. The van der Waals surface area contributed by atoms with E-state index in [4.69, 9.17) is 4.99 Å². The molecule has 160 valence electrons. The molecular formula is C23H37N5O. The predicted molar refractivity (Wildman–Crippen MR) is 119 cm³/mol. The summed E-state index contributed by atoms with van der Waals surface area (Å²) in [7, 11) is 3.70. The molecule has 1 atom stereocenters. The van der Waals surface area contributed by atoms with Crippen LogP contribution >= 0.6 is 0 Å². The molecular weight excluding hydrogens is 362 g/mol. The lowest BCUT2D eigenvalue weighted by atomic mass is 9.96. The number of carbonyl (C=O) groups excluding carboxylic acids is 1. The van der Waals surface area contributed by atoms with Crippen LogP contribution in [-0.4, -0.2) is 74.5 Å². The number of hydrogen-bond acceptors (Lipinski definition) is 3. The van der Waals surface area contributed by atoms with E-state index in [2.05, 4.69) is 52.8 Å². The Morgan fingerprint density at radius 1 is 1.24 bits per heavy atom. The van der Waals surface area contributed by atoms with E-state index < -0.39 is 0 Å². The van der Waals surface area contributed by atoms with Gasteiger partial charge >= 0.3 is 0 Å². The van der Waals surface area contributed by atoms with Crippen molar-refractivity contribution < 1.29 is 4.79 Å². The van der Waals surface area contributed by atoms with Crippen molar-refractivity contribution in [2.24, 2.45) is 4.99 Å². The SMILES string of the molecule is CCNC(=NCC1(c2ccccc2)CC1)NCCCN1CCCC1C(=O)N(C)C. The zero-order valence-corrected chi connectivity index (χ0v) is 18.3. The molecule has 1 saturated carbocycles. The van der Waals surface area contributed by atoms with Gasteiger partial charge in [-0.3, -0.25) is 14.7 Å². The maximum absolute atomic E-state index is 12.3. The lowest BCUT2D eigenvalue weighted by Gasteiger charge is -2.26. The molecule has 1 unspecified atom stereocenters. The minimum atomic E-state index is 0.0625. The standard InChI is InChI=1S/C23H37N5O/c1-4-24-22(26-18-23(13-14-23)19-10-6-5-7-11-19)25-15-9-17-28-16-8-12-20(28)21(29)27(2)3/h5-7,10-11,20H,4,8-9,12-18H2,1-3H3,(H2,24,25,26). The molecule has 2 fully saturated rings. The average molecular weight is 400 g/mol. The molecule has 1 aromatic carbocycles. The highest BCUT2D eigenvalue weighted by molar-refractivity contribution is 5.81. The molecule has 0 radical (unpaired) electrons. The van der Waals surface area contributed by atoms with Crippen LogP contribution < -0.4 is 10.6 Å². The summed E-state index contributed by atoms with van der Waals surface area (Å²) in [6.07, 6.45) is 5.54. The second-order valence-corrected chi connectivity index (χ2v) is 8.55. The molecule has 3 rings (SSSR count). The molecule has 6 nitrogen and oxygen atoms in total. The molecule has 2 N–H and O–H groups in total. The third-order valence-electron chi connectivity index (χ3n) is 6.13. The Balaban J connectivity index is 1.46. The second kappa shape index (κ2) is 10.1. The topological polar surface area (TPSA) is 60.0 Å². The Morgan fingerprint density at radius 3 is 2.66 bits per heavy atom. The normalized spacial score (nSPS) is 21.1. The van der Waals surface area contributed by atoms with E-state index in [1.165, 1.54) is 18.4 Å². The quantitative estimate of drug-likeness (QED) is 0.380. The zero-order valence-electron chi connectivity index (χ0n) is 18.3. The summed E-state index contributed by atoms with van der Waals surface area (Å²) < 4.78 is 0. The molecule has 0 aromatic heterocycles. The van der Waals surface area contributed by atoms with E-state index in [-0.39, 0.29) is 17.4 Å². The number of rotatable bonds is 9. The smallest absolute Gasteiger partial charge is 0.239 e. The van der Waals surface area contributed by atoms with Crippen LogP contribution in [-0.2, 0) is 10.2 Å². The summed E-state index contributed by atoms with van der Waals surface area (Å²) in [6, 6.07) is 10.8. The maximum atomic E-state index is 12.3. The van der Waals surface area contributed by atoms with Crippen molar-refractivity contribution in [3.8, 4) is 0 Å². The van der Waals surface area contributed by atoms with Gasteiger partial charge in [0.1, 0.15) is 0 Å². The fourth-order valence-corrected chi connectivity index (χ4v) is 4.21. The van der Waals surface area contributed by atoms with Gasteiger partial charge in [0.05, 0.1) is 12.6 Å². The van der Waals surface area contributed by atoms with E-state index in [9.17, 15) is 4.79 Å². The van der Waals surface area contributed by atoms with Crippen molar-refractivity contribution in [3.05, 3.63) is 35.9 Å². The fraction of sp³-hybridized carbons (Fsp3) is 0.652. The lowest BCUT2D eigenvalue weighted by molar-refractivity contribution is -0.133. The summed E-state index contributed by atoms with van der Waals surface area (Å²) >= 11 is 0. The van der Waals surface area contributed by atoms with E-state index in [0.717, 1.165) is 57.9 Å². The van der Waals surface area contributed by atoms with Gasteiger partial charge in [0.15, 0.2) is 5.96 Å². The zero-order chi connectivity index (χ0) is 20.7. The van der Waals surface area contributed by atoms with Crippen LogP contribution in [0, 0.1) is 0 Å². The number of amides is 1. The van der Waals surface area contributed by atoms with Crippen molar-refractivity contribution in [3.63, 3.8) is 0 Å². The number of hydrogen-bond donors (Lipinski definition) is 2. The molecule has 2 aliphatic rings. The third kappa shape index (κ3) is 5.72. The van der Waals surface area contributed by atoms with Gasteiger partial charge in [-0.15, -0.1) is 0 Å². The average Bonchev–Trinajstić information content (AvgIpc) is 3.39. The summed E-state index contributed by atoms with van der Waals surface area (Å²) in [4.78, 5) is 21.3. The van der Waals surface area contributed by atoms with Crippen molar-refractivity contribution in [1.29, 1.82) is 0 Å². The van der Waals surface area contributed by atoms with E-state index in [0.29, 0.717) is 0 Å². The van der Waals surface area contributed by atoms with Gasteiger partial charge in [-0.2, -0.15) is 0 Å². The van der Waals surface area contributed by atoms with Gasteiger partial charge in [-0.25, -0.2) is 0 Å². The fourth-order valence-electron chi connectivity index (χ4n) is 4.21. The van der Waals surface area contributed by atoms with Crippen LogP contribution in [0.25, 0.3) is 0 Å². The Hall–Kier alpha value is -2.08. The Bertz CT molecular complexity index is 684. The highest BCUT2D eigenvalue weighted by Crippen LogP contribution is 2.48. The first-order chi connectivity index (χ1) is 14.1. The molecule has 1 amide bonds. The van der Waals surface area contributed by atoms with Crippen molar-refractivity contribution in [1.82, 2.24) is 20.4 Å². The lowest BCUT2D eigenvalue weighted by Crippen LogP contribution is -2.44. The highest BCUT2D eigenvalue weighted by atomic mass is 16.2. The monoisotopic (exact) mass is 399 g/mol. The van der Waals surface area contributed by atoms with Gasteiger partial charge in [0, 0.05) is 39.1 Å². The van der Waals surface area contributed by atoms with Crippen LogP contribution in [0.1, 0.15) is 44.6 Å². The molecule has 0 spiro atoms. The van der Waals surface area contributed by atoms with Crippen LogP contribution in [0.4, 0.5) is 0 Å². The van der Waals surface area contributed by atoms with Crippen molar-refractivity contribution >= 4 is 11.9 Å². The van der Waals surface area contributed by atoms with Gasteiger partial charge in [0.2, 0.25) is 5.91 Å². The van der Waals surface area contributed by atoms with Gasteiger partial charge in [-0.05, 0) is 51.1 Å². The third-order valence-corrected chi connectivity index (χ3v) is 6.13. The molecule has 1 saturated heterocycles. The minimum Gasteiger partial charge on any atom is -0.357 e. The molecule has 6 heteroatoms. The van der Waals surface area contributed by atoms with Gasteiger partial charge < -0.3 is 15.5 Å². The minimum absolute atomic E-state index is 0.0625. The predicted octanol–water partition coefficient (Wildman–Crippen LogP) is 2.22. The van der Waals surface area contributed by atoms with Crippen LogP contribution in [0.2, 0.25) is 0 Å². The number of likely N-dealkylation sites (N-methyl/N-ethyl adjacent to an activating group) is 1. The van der Waals surface area contributed by atoms with Crippen LogP contribution in [0.15, 0.2) is 35.3 Å². The number of carbonyl (C=O) groups is 1. The maximum Gasteiger partial charge on any atom is 0.239 e. The molecule has 1 aliphatic heterocycles. The van der Waals surface area contributed by atoms with Gasteiger partial charge in [0.25, 0.3) is 0 Å². The Kier molecular flexibility index (Phi) is 7.53. The molecule has 1 aliphatic carbocycles. The summed E-state index contributed by atoms with van der Waals surface area (Å²) in [5.74, 6) is 1.14. The Morgan fingerprint density at radius 2 is 2.00 bits per heavy atom. The molecule has 1 aromatic rings. The number of likely N-dealkylation sites (tertiary alicyclic amines) is 1. The number of nitrogens with one attached hydrogen (secondary N) is 2. The van der Waals surface area contributed by atoms with E-state index in [1.807, 2.05) is 14.1 Å². The Labute approximate surface area is 175 Å². The summed E-state index contributed by atoms with van der Waals surface area (Å²) in [6.45, 7) is 6.63. The highest BCUT2D eigenvalue weighted by Gasteiger charge is 2.44. The second-order valence-electron chi connectivity index (χ2n) is 8.55. The number of nitrogens with zero attached hydrogens (tertiary/aromatic N) is 3. The number of aliphatic imine (C=N–C) groups is 1. The summed E-state index contributed by atoms with van der Waals surface area (Å²) in [5, 5.41) is 6.85. The van der Waals surface area contributed by atoms with Crippen LogP contribution in [0.5, 0.6) is 0 Å². The molecule has 0 bridgehead atoms. The van der Waals surface area contributed by atoms with Crippen LogP contribution in [0.3, 0.4) is 0 Å². The van der Waals surface area contributed by atoms with Gasteiger partial charge in [-0.1, -0.05) is 30.3 Å². The number of guanidine groups is 1. The summed E-state index contributed by atoms with van der Waals surface area (Å²) in [5.41, 5.74) is 1.64. The van der Waals surface area contributed by atoms with Crippen molar-refractivity contribution in [2.45, 2.75) is 50.5 Å². The largest absolute Gasteiger partial charge is 0.357 e. The van der Waals surface area contributed by atoms with E-state index in [1.54, 1.807) is 4.90 Å². The molecule has 29 heavy (non-hydrogen) atoms. The van der Waals surface area contributed by atoms with Crippen molar-refractivity contribution in [2.75, 3.05) is 46.8 Å². The van der Waals surface area contributed by atoms with E-state index >= 15 is 0 Å². The molecule has 1 heterocycles.